The number of nitrogens with zero attached hydrogens (tertiary/aromatic N) is 1. The molecule has 1 aromatic rings. The lowest BCUT2D eigenvalue weighted by molar-refractivity contribution is 0.0600. The Morgan fingerprint density at radius 3 is 2.50 bits per heavy atom. The smallest absolute Gasteiger partial charge is 0.338 e. The van der Waals surface area contributed by atoms with Gasteiger partial charge >= 0.3 is 5.97 Å². The first kappa shape index (κ1) is 17.1. The van der Waals surface area contributed by atoms with E-state index in [-0.39, 0.29) is 5.91 Å². The van der Waals surface area contributed by atoms with Crippen LogP contribution in [0.3, 0.4) is 0 Å². The number of hydrogen-bond donors (Lipinski definition) is 0. The van der Waals surface area contributed by atoms with Crippen LogP contribution < -0.4 is 4.74 Å². The second-order valence-corrected chi connectivity index (χ2v) is 7.47. The predicted molar refractivity (Wildman–Crippen MR) is 93.8 cm³/mol. The van der Waals surface area contributed by atoms with Gasteiger partial charge in [-0.25, -0.2) is 4.79 Å². The Hall–Kier alpha value is -1.69. The summed E-state index contributed by atoms with van der Waals surface area (Å²) in [6, 6.07) is 5.01. The largest absolute Gasteiger partial charge is 0.493 e. The Balaban J connectivity index is 1.79. The van der Waals surface area contributed by atoms with Crippen LogP contribution in [0.4, 0.5) is 0 Å². The van der Waals surface area contributed by atoms with Crippen molar-refractivity contribution in [3.05, 3.63) is 29.3 Å². The molecule has 1 saturated heterocycles. The van der Waals surface area contributed by atoms with Gasteiger partial charge in [0.15, 0.2) is 0 Å². The highest BCUT2D eigenvalue weighted by atomic mass is 32.2. The average molecular weight is 349 g/mol. The number of thioether (sulfide) groups is 1. The molecule has 1 aliphatic heterocycles. The van der Waals surface area contributed by atoms with Crippen LogP contribution in [0.25, 0.3) is 0 Å². The second-order valence-electron chi connectivity index (χ2n) is 6.25. The van der Waals surface area contributed by atoms with Gasteiger partial charge in [0.05, 0.1) is 19.3 Å². The maximum absolute atomic E-state index is 12.7. The third kappa shape index (κ3) is 4.04. The van der Waals surface area contributed by atoms with E-state index in [0.717, 1.165) is 24.6 Å². The summed E-state index contributed by atoms with van der Waals surface area (Å²) in [4.78, 5) is 26.5. The molecule has 130 valence electrons. The molecule has 0 atom stereocenters. The molecule has 2 aliphatic rings. The molecule has 5 nitrogen and oxygen atoms in total. The van der Waals surface area contributed by atoms with E-state index in [9.17, 15) is 9.59 Å². The summed E-state index contributed by atoms with van der Waals surface area (Å²) >= 11 is 1.85. The molecular weight excluding hydrogens is 326 g/mol. The van der Waals surface area contributed by atoms with E-state index in [4.69, 9.17) is 9.47 Å². The number of carbonyl (C=O) groups is 2. The van der Waals surface area contributed by atoms with Crippen molar-refractivity contribution in [2.45, 2.75) is 19.3 Å². The highest BCUT2D eigenvalue weighted by Gasteiger charge is 2.22. The fourth-order valence-corrected chi connectivity index (χ4v) is 3.77. The first-order valence-corrected chi connectivity index (χ1v) is 9.56. The van der Waals surface area contributed by atoms with Crippen molar-refractivity contribution in [3.8, 4) is 5.75 Å². The topological polar surface area (TPSA) is 55.8 Å². The lowest BCUT2D eigenvalue weighted by atomic mass is 9.86. The van der Waals surface area contributed by atoms with Gasteiger partial charge in [-0.1, -0.05) is 6.42 Å². The molecular formula is C18H23NO4S. The van der Waals surface area contributed by atoms with Crippen LogP contribution in [0, 0.1) is 5.92 Å². The van der Waals surface area contributed by atoms with E-state index < -0.39 is 5.97 Å². The lowest BCUT2D eigenvalue weighted by Crippen LogP contribution is -2.38. The molecule has 0 spiro atoms. The summed E-state index contributed by atoms with van der Waals surface area (Å²) in [6.45, 7) is 2.12. The van der Waals surface area contributed by atoms with Gasteiger partial charge in [-0.05, 0) is 37.0 Å². The molecule has 0 unspecified atom stereocenters. The molecule has 0 radical (unpaired) electrons. The Kier molecular flexibility index (Phi) is 5.66. The SMILES string of the molecule is COC(=O)c1cc(OCC2CCC2)cc(C(=O)N2CCSCC2)c1. The van der Waals surface area contributed by atoms with E-state index in [1.54, 1.807) is 18.2 Å². The van der Waals surface area contributed by atoms with E-state index in [1.807, 2.05) is 16.7 Å². The van der Waals surface area contributed by atoms with Crippen molar-refractivity contribution >= 4 is 23.6 Å². The molecule has 1 aliphatic carbocycles. The molecule has 1 saturated carbocycles. The van der Waals surface area contributed by atoms with Crippen molar-refractivity contribution in [2.75, 3.05) is 38.3 Å². The van der Waals surface area contributed by atoms with Crippen LogP contribution >= 0.6 is 11.8 Å². The molecule has 6 heteroatoms. The number of esters is 1. The Labute approximate surface area is 146 Å². The standard InChI is InChI=1S/C18H23NO4S/c1-22-18(21)15-9-14(17(20)19-5-7-24-8-6-19)10-16(11-15)23-12-13-3-2-4-13/h9-11,13H,2-8,12H2,1H3. The van der Waals surface area contributed by atoms with Gasteiger partial charge in [-0.15, -0.1) is 0 Å². The van der Waals surface area contributed by atoms with Gasteiger partial charge in [-0.3, -0.25) is 4.79 Å². The van der Waals surface area contributed by atoms with E-state index in [1.165, 1.54) is 26.4 Å². The second kappa shape index (κ2) is 7.92. The van der Waals surface area contributed by atoms with Crippen LogP contribution in [0.1, 0.15) is 40.0 Å². The summed E-state index contributed by atoms with van der Waals surface area (Å²) < 4.78 is 10.6. The summed E-state index contributed by atoms with van der Waals surface area (Å²) in [5, 5.41) is 0. The van der Waals surface area contributed by atoms with Gasteiger partial charge in [-0.2, -0.15) is 11.8 Å². The maximum Gasteiger partial charge on any atom is 0.338 e. The van der Waals surface area contributed by atoms with Crippen molar-refractivity contribution in [2.24, 2.45) is 5.92 Å². The van der Waals surface area contributed by atoms with Crippen LogP contribution in [-0.4, -0.2) is 55.1 Å². The zero-order chi connectivity index (χ0) is 16.9. The first-order chi connectivity index (χ1) is 11.7. The summed E-state index contributed by atoms with van der Waals surface area (Å²) in [6.07, 6.45) is 3.63. The quantitative estimate of drug-likeness (QED) is 0.765. The zero-order valence-corrected chi connectivity index (χ0v) is 14.8. The Bertz CT molecular complexity index is 609. The number of amides is 1. The van der Waals surface area contributed by atoms with Gasteiger partial charge in [0.25, 0.3) is 5.91 Å². The predicted octanol–water partition coefficient (Wildman–Crippen LogP) is 2.84. The third-order valence-electron chi connectivity index (χ3n) is 4.58. The van der Waals surface area contributed by atoms with Crippen LogP contribution in [-0.2, 0) is 4.74 Å². The normalized spacial score (nSPS) is 18.0. The Morgan fingerprint density at radius 2 is 1.88 bits per heavy atom. The fourth-order valence-electron chi connectivity index (χ4n) is 2.86. The van der Waals surface area contributed by atoms with Crippen molar-refractivity contribution in [1.29, 1.82) is 0 Å². The number of rotatable bonds is 5. The maximum atomic E-state index is 12.7. The zero-order valence-electron chi connectivity index (χ0n) is 14.0. The molecule has 1 heterocycles. The molecule has 0 bridgehead atoms. The molecule has 1 aromatic carbocycles. The third-order valence-corrected chi connectivity index (χ3v) is 5.53. The average Bonchev–Trinajstić information content (AvgIpc) is 2.59. The minimum absolute atomic E-state index is 0.0467. The van der Waals surface area contributed by atoms with Crippen LogP contribution in [0.5, 0.6) is 5.75 Å². The molecule has 0 N–H and O–H groups in total. The van der Waals surface area contributed by atoms with E-state index >= 15 is 0 Å². The van der Waals surface area contributed by atoms with E-state index in [2.05, 4.69) is 0 Å². The monoisotopic (exact) mass is 349 g/mol. The fraction of sp³-hybridized carbons (Fsp3) is 0.556. The van der Waals surface area contributed by atoms with Crippen molar-refractivity contribution < 1.29 is 19.1 Å². The molecule has 0 aromatic heterocycles. The van der Waals surface area contributed by atoms with E-state index in [0.29, 0.717) is 29.4 Å². The number of hydrogen-bond acceptors (Lipinski definition) is 5. The van der Waals surface area contributed by atoms with Crippen molar-refractivity contribution in [3.63, 3.8) is 0 Å². The highest BCUT2D eigenvalue weighted by Crippen LogP contribution is 2.28. The van der Waals surface area contributed by atoms with Gasteiger partial charge in [0, 0.05) is 30.2 Å². The van der Waals surface area contributed by atoms with Gasteiger partial charge in [0.1, 0.15) is 5.75 Å². The lowest BCUT2D eigenvalue weighted by Gasteiger charge is -2.27. The minimum Gasteiger partial charge on any atom is -0.493 e. The van der Waals surface area contributed by atoms with Crippen molar-refractivity contribution in [1.82, 2.24) is 4.90 Å². The highest BCUT2D eigenvalue weighted by molar-refractivity contribution is 7.99. The molecule has 1 amide bonds. The van der Waals surface area contributed by atoms with Crippen LogP contribution in [0.2, 0.25) is 0 Å². The summed E-state index contributed by atoms with van der Waals surface area (Å²) in [7, 11) is 1.34. The van der Waals surface area contributed by atoms with Crippen LogP contribution in [0.15, 0.2) is 18.2 Å². The number of benzene rings is 1. The minimum atomic E-state index is -0.452. The summed E-state index contributed by atoms with van der Waals surface area (Å²) in [5.41, 5.74) is 0.853. The van der Waals surface area contributed by atoms with Gasteiger partial charge < -0.3 is 14.4 Å². The molecule has 2 fully saturated rings. The number of methoxy groups -OCH3 is 1. The summed E-state index contributed by atoms with van der Waals surface area (Å²) in [5.74, 6) is 2.56. The van der Waals surface area contributed by atoms with Gasteiger partial charge in [0.2, 0.25) is 0 Å². The Morgan fingerprint density at radius 1 is 1.17 bits per heavy atom. The molecule has 3 rings (SSSR count). The molecule has 24 heavy (non-hydrogen) atoms. The number of carbonyl (C=O) groups excluding carboxylic acids is 2. The first-order valence-electron chi connectivity index (χ1n) is 8.40. The number of ether oxygens (including phenoxy) is 2.